The van der Waals surface area contributed by atoms with Crippen LogP contribution >= 0.6 is 0 Å². The Labute approximate surface area is 169 Å². The first kappa shape index (κ1) is 20.4. The van der Waals surface area contributed by atoms with Crippen LogP contribution in [-0.2, 0) is 4.79 Å². The number of anilines is 1. The van der Waals surface area contributed by atoms with Gasteiger partial charge in [-0.1, -0.05) is 18.2 Å². The first-order valence-corrected chi connectivity index (χ1v) is 9.40. The molecule has 0 unspecified atom stereocenters. The molecule has 7 heteroatoms. The number of carbonyl (C=O) groups is 2. The van der Waals surface area contributed by atoms with Gasteiger partial charge in [0.05, 0.1) is 5.69 Å². The van der Waals surface area contributed by atoms with Crippen molar-refractivity contribution in [3.05, 3.63) is 71.6 Å². The van der Waals surface area contributed by atoms with E-state index in [4.69, 9.17) is 5.21 Å². The smallest absolute Gasteiger partial charge is 0.267 e. The minimum atomic E-state index is -0.625. The molecule has 0 saturated carbocycles. The molecule has 2 aromatic rings. The number of ketones is 1. The van der Waals surface area contributed by atoms with Crippen LogP contribution in [0, 0.1) is 0 Å². The van der Waals surface area contributed by atoms with E-state index in [9.17, 15) is 9.59 Å². The van der Waals surface area contributed by atoms with Crippen molar-refractivity contribution in [3.8, 4) is 0 Å². The number of piperazine rings is 1. The molecule has 1 aliphatic heterocycles. The van der Waals surface area contributed by atoms with Gasteiger partial charge in [0.15, 0.2) is 5.78 Å². The largest absolute Gasteiger partial charge is 0.368 e. The number of aromatic nitrogens is 1. The van der Waals surface area contributed by atoms with Crippen LogP contribution < -0.4 is 10.4 Å². The molecule has 1 saturated heterocycles. The Balaban J connectivity index is 1.70. The number of hydrogen-bond acceptors (Lipinski definition) is 6. The van der Waals surface area contributed by atoms with E-state index >= 15 is 0 Å². The van der Waals surface area contributed by atoms with E-state index in [2.05, 4.69) is 21.8 Å². The standard InChI is InChI=1S/C22H24N4O3/c1-25-12-14-26(15-13-25)20-5-3-2-4-19(20)21(27)10-7-17-6-8-18(23-16-17)9-11-22(28)24-29/h2-11,16,29H,12-15H2,1H3,(H,24,28)/b10-7+,11-9+. The molecule has 1 aromatic carbocycles. The second kappa shape index (κ2) is 9.77. The third-order valence-electron chi connectivity index (χ3n) is 4.77. The van der Waals surface area contributed by atoms with E-state index in [1.54, 1.807) is 30.5 Å². The van der Waals surface area contributed by atoms with Crippen molar-refractivity contribution in [1.29, 1.82) is 0 Å². The average molecular weight is 392 g/mol. The Hall–Kier alpha value is -3.29. The van der Waals surface area contributed by atoms with Crippen molar-refractivity contribution in [3.63, 3.8) is 0 Å². The Morgan fingerprint density at radius 1 is 1.03 bits per heavy atom. The van der Waals surface area contributed by atoms with E-state index < -0.39 is 5.91 Å². The van der Waals surface area contributed by atoms with Gasteiger partial charge in [-0.05, 0) is 49.0 Å². The van der Waals surface area contributed by atoms with Crippen LogP contribution in [0.4, 0.5) is 5.69 Å². The zero-order valence-electron chi connectivity index (χ0n) is 16.3. The Morgan fingerprint density at radius 3 is 2.48 bits per heavy atom. The zero-order chi connectivity index (χ0) is 20.6. The van der Waals surface area contributed by atoms with Gasteiger partial charge in [0.25, 0.3) is 5.91 Å². The number of amides is 1. The van der Waals surface area contributed by atoms with E-state index in [0.29, 0.717) is 11.3 Å². The summed E-state index contributed by atoms with van der Waals surface area (Å²) in [6, 6.07) is 11.2. The normalized spacial score (nSPS) is 15.2. The number of allylic oxidation sites excluding steroid dienone is 1. The summed E-state index contributed by atoms with van der Waals surface area (Å²) in [4.78, 5) is 32.5. The van der Waals surface area contributed by atoms with Crippen LogP contribution in [0.3, 0.4) is 0 Å². The highest BCUT2D eigenvalue weighted by Crippen LogP contribution is 2.23. The lowest BCUT2D eigenvalue weighted by Crippen LogP contribution is -2.44. The SMILES string of the molecule is CN1CCN(c2ccccc2C(=O)/C=C/c2ccc(/C=C/C(=O)NO)nc2)CC1. The fraction of sp³-hybridized carbons (Fsp3) is 0.227. The van der Waals surface area contributed by atoms with Crippen LogP contribution in [0.15, 0.2) is 54.7 Å². The number of para-hydroxylation sites is 1. The van der Waals surface area contributed by atoms with Crippen molar-refractivity contribution < 1.29 is 14.8 Å². The van der Waals surface area contributed by atoms with E-state index in [1.165, 1.54) is 17.6 Å². The summed E-state index contributed by atoms with van der Waals surface area (Å²) in [5, 5.41) is 8.47. The average Bonchev–Trinajstić information content (AvgIpc) is 2.77. The molecule has 29 heavy (non-hydrogen) atoms. The molecule has 1 fully saturated rings. The topological polar surface area (TPSA) is 85.8 Å². The van der Waals surface area contributed by atoms with Gasteiger partial charge in [0.2, 0.25) is 0 Å². The minimum Gasteiger partial charge on any atom is -0.368 e. The second-order valence-electron chi connectivity index (χ2n) is 6.83. The summed E-state index contributed by atoms with van der Waals surface area (Å²) in [5.41, 5.74) is 4.52. The number of benzene rings is 1. The predicted molar refractivity (Wildman–Crippen MR) is 113 cm³/mol. The van der Waals surface area contributed by atoms with Gasteiger partial charge in [-0.25, -0.2) is 5.48 Å². The molecule has 2 heterocycles. The molecule has 0 spiro atoms. The van der Waals surface area contributed by atoms with Gasteiger partial charge < -0.3 is 9.80 Å². The zero-order valence-corrected chi connectivity index (χ0v) is 16.3. The van der Waals surface area contributed by atoms with Crippen molar-refractivity contribution in [2.45, 2.75) is 0 Å². The molecular formula is C22H24N4O3. The number of carbonyl (C=O) groups excluding carboxylic acids is 2. The lowest BCUT2D eigenvalue weighted by Gasteiger charge is -2.34. The van der Waals surface area contributed by atoms with Crippen molar-refractivity contribution >= 4 is 29.5 Å². The summed E-state index contributed by atoms with van der Waals surface area (Å²) >= 11 is 0. The molecule has 7 nitrogen and oxygen atoms in total. The third kappa shape index (κ3) is 5.60. The van der Waals surface area contributed by atoms with Gasteiger partial charge in [-0.3, -0.25) is 19.8 Å². The highest BCUT2D eigenvalue weighted by Gasteiger charge is 2.18. The number of hydroxylamine groups is 1. The minimum absolute atomic E-state index is 0.0527. The van der Waals surface area contributed by atoms with E-state index in [1.807, 2.05) is 24.3 Å². The molecule has 0 aliphatic carbocycles. The molecule has 150 valence electrons. The third-order valence-corrected chi connectivity index (χ3v) is 4.77. The maximum Gasteiger partial charge on any atom is 0.267 e. The molecule has 0 atom stereocenters. The lowest BCUT2D eigenvalue weighted by molar-refractivity contribution is -0.124. The Morgan fingerprint density at radius 2 is 1.79 bits per heavy atom. The molecule has 1 aromatic heterocycles. The van der Waals surface area contributed by atoms with Gasteiger partial charge >= 0.3 is 0 Å². The van der Waals surface area contributed by atoms with E-state index in [0.717, 1.165) is 37.4 Å². The highest BCUT2D eigenvalue weighted by atomic mass is 16.5. The van der Waals surface area contributed by atoms with Crippen LogP contribution in [0.5, 0.6) is 0 Å². The maximum atomic E-state index is 12.8. The summed E-state index contributed by atoms with van der Waals surface area (Å²) in [6.07, 6.45) is 7.56. The van der Waals surface area contributed by atoms with Gasteiger partial charge in [-0.15, -0.1) is 0 Å². The number of likely N-dealkylation sites (N-methyl/N-ethyl adjacent to an activating group) is 1. The summed E-state index contributed by atoms with van der Waals surface area (Å²) in [7, 11) is 2.10. The fourth-order valence-electron chi connectivity index (χ4n) is 3.08. The molecule has 0 radical (unpaired) electrons. The van der Waals surface area contributed by atoms with Crippen molar-refractivity contribution in [2.24, 2.45) is 0 Å². The first-order valence-electron chi connectivity index (χ1n) is 9.40. The number of pyridine rings is 1. The van der Waals surface area contributed by atoms with Crippen molar-refractivity contribution in [2.75, 3.05) is 38.1 Å². The van der Waals surface area contributed by atoms with Crippen LogP contribution in [-0.4, -0.2) is 60.0 Å². The van der Waals surface area contributed by atoms with Crippen LogP contribution in [0.1, 0.15) is 21.6 Å². The first-order chi connectivity index (χ1) is 14.1. The van der Waals surface area contributed by atoms with E-state index in [-0.39, 0.29) is 5.78 Å². The maximum absolute atomic E-state index is 12.8. The number of nitrogens with one attached hydrogen (secondary N) is 1. The molecule has 3 rings (SSSR count). The number of nitrogens with zero attached hydrogens (tertiary/aromatic N) is 3. The predicted octanol–water partition coefficient (Wildman–Crippen LogP) is 2.25. The second-order valence-corrected chi connectivity index (χ2v) is 6.83. The summed E-state index contributed by atoms with van der Waals surface area (Å²) < 4.78 is 0. The highest BCUT2D eigenvalue weighted by molar-refractivity contribution is 6.10. The van der Waals surface area contributed by atoms with Crippen LogP contribution in [0.25, 0.3) is 12.2 Å². The van der Waals surface area contributed by atoms with Gasteiger partial charge in [0.1, 0.15) is 0 Å². The lowest BCUT2D eigenvalue weighted by atomic mass is 10.1. The van der Waals surface area contributed by atoms with Gasteiger partial charge in [0, 0.05) is 49.7 Å². The van der Waals surface area contributed by atoms with Gasteiger partial charge in [-0.2, -0.15) is 0 Å². The van der Waals surface area contributed by atoms with Crippen molar-refractivity contribution in [1.82, 2.24) is 15.4 Å². The van der Waals surface area contributed by atoms with Crippen LogP contribution in [0.2, 0.25) is 0 Å². The molecule has 1 amide bonds. The Kier molecular flexibility index (Phi) is 6.89. The quantitative estimate of drug-likeness (QED) is 0.339. The molecular weight excluding hydrogens is 368 g/mol. The molecule has 0 bridgehead atoms. The fourth-order valence-corrected chi connectivity index (χ4v) is 3.08. The summed E-state index contributed by atoms with van der Waals surface area (Å²) in [5.74, 6) is -0.677. The molecule has 1 aliphatic rings. The number of hydrogen-bond donors (Lipinski definition) is 2. The number of rotatable bonds is 6. The molecule has 2 N–H and O–H groups in total. The summed E-state index contributed by atoms with van der Waals surface area (Å²) in [6.45, 7) is 3.75. The Bertz CT molecular complexity index is 914. The monoisotopic (exact) mass is 392 g/mol.